The van der Waals surface area contributed by atoms with Crippen molar-refractivity contribution in [2.45, 2.75) is 6.54 Å². The average Bonchev–Trinajstić information content (AvgIpc) is 2.37. The van der Waals surface area contributed by atoms with E-state index in [1.165, 1.54) is 6.07 Å². The van der Waals surface area contributed by atoms with Crippen LogP contribution in [0.4, 0.5) is 11.4 Å². The zero-order valence-corrected chi connectivity index (χ0v) is 14.8. The van der Waals surface area contributed by atoms with Crippen molar-refractivity contribution < 1.29 is 4.92 Å². The van der Waals surface area contributed by atoms with Crippen LogP contribution in [-0.2, 0) is 6.54 Å². The molecule has 104 valence electrons. The van der Waals surface area contributed by atoms with E-state index in [-0.39, 0.29) is 10.6 Å². The maximum absolute atomic E-state index is 11.0. The van der Waals surface area contributed by atoms with Crippen molar-refractivity contribution in [3.63, 3.8) is 0 Å². The van der Waals surface area contributed by atoms with Gasteiger partial charge in [0.1, 0.15) is 0 Å². The number of hydrogen-bond donors (Lipinski definition) is 1. The third-order valence-corrected chi connectivity index (χ3v) is 4.36. The lowest BCUT2D eigenvalue weighted by molar-refractivity contribution is -0.385. The van der Waals surface area contributed by atoms with Gasteiger partial charge in [-0.05, 0) is 44.0 Å². The zero-order valence-electron chi connectivity index (χ0n) is 10.1. The monoisotopic (exact) mass is 462 g/mol. The standard InChI is InChI=1S/C13H9Br3N2O2/c14-9-5-10(15)13(11(16)6-9)17-7-8-3-1-2-4-12(8)18(19)20/h1-6,17H,7H2. The Morgan fingerprint density at radius 2 is 1.70 bits per heavy atom. The van der Waals surface area contributed by atoms with Gasteiger partial charge < -0.3 is 5.32 Å². The van der Waals surface area contributed by atoms with Crippen molar-refractivity contribution in [2.24, 2.45) is 0 Å². The second-order valence-electron chi connectivity index (χ2n) is 3.98. The van der Waals surface area contributed by atoms with E-state index < -0.39 is 0 Å². The molecule has 0 bridgehead atoms. The lowest BCUT2D eigenvalue weighted by Gasteiger charge is -2.11. The van der Waals surface area contributed by atoms with Gasteiger partial charge in [-0.1, -0.05) is 34.1 Å². The van der Waals surface area contributed by atoms with Crippen molar-refractivity contribution in [3.05, 3.63) is 65.5 Å². The number of hydrogen-bond acceptors (Lipinski definition) is 3. The Bertz CT molecular complexity index is 639. The summed E-state index contributed by atoms with van der Waals surface area (Å²) in [5.74, 6) is 0. The van der Waals surface area contributed by atoms with Crippen molar-refractivity contribution in [3.8, 4) is 0 Å². The minimum Gasteiger partial charge on any atom is -0.379 e. The zero-order chi connectivity index (χ0) is 14.7. The molecule has 0 spiro atoms. The average molecular weight is 465 g/mol. The van der Waals surface area contributed by atoms with Gasteiger partial charge in [-0.2, -0.15) is 0 Å². The van der Waals surface area contributed by atoms with Crippen LogP contribution in [0.5, 0.6) is 0 Å². The van der Waals surface area contributed by atoms with Crippen LogP contribution >= 0.6 is 47.8 Å². The van der Waals surface area contributed by atoms with Crippen molar-refractivity contribution in [1.29, 1.82) is 0 Å². The van der Waals surface area contributed by atoms with Crippen molar-refractivity contribution in [2.75, 3.05) is 5.32 Å². The van der Waals surface area contributed by atoms with Gasteiger partial charge in [-0.25, -0.2) is 0 Å². The molecule has 2 aromatic rings. The largest absolute Gasteiger partial charge is 0.379 e. The molecule has 1 N–H and O–H groups in total. The quantitative estimate of drug-likeness (QED) is 0.480. The van der Waals surface area contributed by atoms with E-state index in [2.05, 4.69) is 53.1 Å². The maximum atomic E-state index is 11.0. The number of nitro benzene ring substituents is 1. The van der Waals surface area contributed by atoms with Gasteiger partial charge in [0, 0.05) is 31.6 Å². The first-order valence-corrected chi connectivity index (χ1v) is 7.97. The smallest absolute Gasteiger partial charge is 0.274 e. The molecule has 0 fully saturated rings. The van der Waals surface area contributed by atoms with Crippen LogP contribution in [-0.4, -0.2) is 4.92 Å². The highest BCUT2D eigenvalue weighted by molar-refractivity contribution is 9.11. The van der Waals surface area contributed by atoms with E-state index in [0.29, 0.717) is 12.1 Å². The fourth-order valence-corrected chi connectivity index (χ4v) is 4.27. The van der Waals surface area contributed by atoms with Crippen molar-refractivity contribution >= 4 is 59.2 Å². The van der Waals surface area contributed by atoms with Crippen LogP contribution in [0.2, 0.25) is 0 Å². The minimum atomic E-state index is -0.372. The molecule has 4 nitrogen and oxygen atoms in total. The maximum Gasteiger partial charge on any atom is 0.274 e. The van der Waals surface area contributed by atoms with E-state index in [1.807, 2.05) is 12.1 Å². The molecule has 0 saturated carbocycles. The summed E-state index contributed by atoms with van der Waals surface area (Å²) in [6.45, 7) is 0.371. The fourth-order valence-electron chi connectivity index (χ4n) is 1.73. The molecular weight excluding hydrogens is 456 g/mol. The molecule has 0 heterocycles. The van der Waals surface area contributed by atoms with Crippen LogP contribution in [0, 0.1) is 10.1 Å². The van der Waals surface area contributed by atoms with Crippen LogP contribution in [0.15, 0.2) is 49.8 Å². The normalized spacial score (nSPS) is 10.3. The number of nitro groups is 1. The van der Waals surface area contributed by atoms with Crippen LogP contribution in [0.25, 0.3) is 0 Å². The molecule has 7 heteroatoms. The van der Waals surface area contributed by atoms with Crippen LogP contribution in [0.3, 0.4) is 0 Å². The summed E-state index contributed by atoms with van der Waals surface area (Å²) in [5.41, 5.74) is 1.61. The van der Waals surface area contributed by atoms with Gasteiger partial charge in [0.2, 0.25) is 0 Å². The molecule has 0 aromatic heterocycles. The molecular formula is C13H9Br3N2O2. The number of anilines is 1. The summed E-state index contributed by atoms with van der Waals surface area (Å²) in [6, 6.07) is 10.5. The molecule has 0 radical (unpaired) electrons. The molecule has 0 saturated heterocycles. The second kappa shape index (κ2) is 6.69. The van der Waals surface area contributed by atoms with E-state index in [1.54, 1.807) is 18.2 Å². The Morgan fingerprint density at radius 3 is 2.30 bits per heavy atom. The van der Waals surface area contributed by atoms with E-state index >= 15 is 0 Å². The van der Waals surface area contributed by atoms with Gasteiger partial charge >= 0.3 is 0 Å². The van der Waals surface area contributed by atoms with Crippen LogP contribution in [0.1, 0.15) is 5.56 Å². The molecule has 2 rings (SSSR count). The molecule has 0 unspecified atom stereocenters. The Kier molecular flexibility index (Phi) is 5.17. The summed E-state index contributed by atoms with van der Waals surface area (Å²) in [6.07, 6.45) is 0. The Morgan fingerprint density at radius 1 is 1.10 bits per heavy atom. The van der Waals surface area contributed by atoms with Crippen LogP contribution < -0.4 is 5.32 Å². The molecule has 20 heavy (non-hydrogen) atoms. The highest BCUT2D eigenvalue weighted by atomic mass is 79.9. The molecule has 0 aliphatic heterocycles. The lowest BCUT2D eigenvalue weighted by Crippen LogP contribution is -2.04. The first kappa shape index (κ1) is 15.5. The third-order valence-electron chi connectivity index (χ3n) is 2.65. The first-order chi connectivity index (χ1) is 9.49. The fraction of sp³-hybridized carbons (Fsp3) is 0.0769. The van der Waals surface area contributed by atoms with E-state index in [4.69, 9.17) is 0 Å². The first-order valence-electron chi connectivity index (χ1n) is 5.59. The minimum absolute atomic E-state index is 0.115. The van der Waals surface area contributed by atoms with Gasteiger partial charge in [0.15, 0.2) is 0 Å². The second-order valence-corrected chi connectivity index (χ2v) is 6.61. The molecule has 0 aliphatic rings. The topological polar surface area (TPSA) is 55.2 Å². The number of para-hydroxylation sites is 1. The summed E-state index contributed by atoms with van der Waals surface area (Å²) < 4.78 is 2.68. The van der Waals surface area contributed by atoms with Gasteiger partial charge in [-0.15, -0.1) is 0 Å². The van der Waals surface area contributed by atoms with Gasteiger partial charge in [0.05, 0.1) is 10.6 Å². The molecule has 0 aliphatic carbocycles. The molecule has 2 aromatic carbocycles. The summed E-state index contributed by atoms with van der Waals surface area (Å²) in [7, 11) is 0. The highest BCUT2D eigenvalue weighted by Gasteiger charge is 2.13. The summed E-state index contributed by atoms with van der Waals surface area (Å²) in [4.78, 5) is 10.6. The summed E-state index contributed by atoms with van der Waals surface area (Å²) in [5, 5.41) is 14.2. The Labute approximate surface area is 141 Å². The highest BCUT2D eigenvalue weighted by Crippen LogP contribution is 2.35. The van der Waals surface area contributed by atoms with Gasteiger partial charge in [0.25, 0.3) is 5.69 Å². The number of nitrogens with zero attached hydrogens (tertiary/aromatic N) is 1. The third kappa shape index (κ3) is 3.59. The predicted molar refractivity (Wildman–Crippen MR) is 90.0 cm³/mol. The molecule has 0 atom stereocenters. The Balaban J connectivity index is 2.24. The predicted octanol–water partition coefficient (Wildman–Crippen LogP) is 5.49. The Hall–Kier alpha value is -0.920. The van der Waals surface area contributed by atoms with Gasteiger partial charge in [-0.3, -0.25) is 10.1 Å². The number of nitrogens with one attached hydrogen (secondary N) is 1. The SMILES string of the molecule is O=[N+]([O-])c1ccccc1CNc1c(Br)cc(Br)cc1Br. The number of halogens is 3. The summed E-state index contributed by atoms with van der Waals surface area (Å²) >= 11 is 10.3. The van der Waals surface area contributed by atoms with E-state index in [0.717, 1.165) is 19.1 Å². The number of rotatable bonds is 4. The lowest BCUT2D eigenvalue weighted by atomic mass is 10.2. The number of benzene rings is 2. The van der Waals surface area contributed by atoms with E-state index in [9.17, 15) is 10.1 Å². The van der Waals surface area contributed by atoms with Crippen molar-refractivity contribution in [1.82, 2.24) is 0 Å². The molecule has 0 amide bonds.